The van der Waals surface area contributed by atoms with Crippen LogP contribution in [0.1, 0.15) is 18.5 Å². The number of halogens is 1. The zero-order valence-electron chi connectivity index (χ0n) is 18.3. The number of hydrogen-bond donors (Lipinski definition) is 2. The minimum Gasteiger partial charge on any atom is -0.328 e. The highest BCUT2D eigenvalue weighted by Gasteiger charge is 2.34. The Hall–Kier alpha value is -4.57. The van der Waals surface area contributed by atoms with Gasteiger partial charge in [-0.25, -0.2) is 4.68 Å². The molecule has 1 amide bonds. The number of hydrogen-bond acceptors (Lipinski definition) is 7. The number of carbonyl (C=O) groups is 1. The van der Waals surface area contributed by atoms with Gasteiger partial charge in [-0.15, -0.1) is 5.10 Å². The van der Waals surface area contributed by atoms with Gasteiger partial charge < -0.3 is 10.6 Å². The number of nitrogens with zero attached hydrogens (tertiary/aromatic N) is 5. The van der Waals surface area contributed by atoms with Crippen LogP contribution in [0.15, 0.2) is 84.3 Å². The number of nitrogens with one attached hydrogen (secondary N) is 2. The Kier molecular flexibility index (Phi) is 5.71. The summed E-state index contributed by atoms with van der Waals surface area (Å²) < 4.78 is 1.60. The lowest BCUT2D eigenvalue weighted by Gasteiger charge is -2.28. The molecular formula is C24H18ClN7O3. The first-order valence-electron chi connectivity index (χ1n) is 10.6. The van der Waals surface area contributed by atoms with Crippen LogP contribution in [0.4, 0.5) is 17.3 Å². The third-order valence-electron chi connectivity index (χ3n) is 5.52. The minimum absolute atomic E-state index is 0.0664. The summed E-state index contributed by atoms with van der Waals surface area (Å²) in [6.45, 7) is 1.78. The van der Waals surface area contributed by atoms with Gasteiger partial charge in [-0.1, -0.05) is 35.9 Å². The van der Waals surface area contributed by atoms with E-state index in [-0.39, 0.29) is 17.4 Å². The summed E-state index contributed by atoms with van der Waals surface area (Å²) in [5.41, 5.74) is 2.76. The third-order valence-corrected chi connectivity index (χ3v) is 5.77. The van der Waals surface area contributed by atoms with E-state index >= 15 is 0 Å². The second-order valence-corrected chi connectivity index (χ2v) is 8.26. The van der Waals surface area contributed by atoms with Gasteiger partial charge in [-0.2, -0.15) is 4.98 Å². The molecule has 1 atom stereocenters. The molecule has 5 rings (SSSR count). The van der Waals surface area contributed by atoms with Crippen LogP contribution in [0.25, 0.3) is 11.4 Å². The summed E-state index contributed by atoms with van der Waals surface area (Å²) >= 11 is 6.11. The Morgan fingerprint density at radius 2 is 1.97 bits per heavy atom. The summed E-state index contributed by atoms with van der Waals surface area (Å²) in [7, 11) is 0. The predicted molar refractivity (Wildman–Crippen MR) is 131 cm³/mol. The molecule has 1 aliphatic heterocycles. The highest BCUT2D eigenvalue weighted by atomic mass is 35.5. The van der Waals surface area contributed by atoms with E-state index in [1.165, 1.54) is 12.1 Å². The summed E-state index contributed by atoms with van der Waals surface area (Å²) in [6.07, 6.45) is 3.18. The molecule has 0 saturated heterocycles. The lowest BCUT2D eigenvalue weighted by Crippen LogP contribution is -2.31. The largest absolute Gasteiger partial charge is 0.328 e. The number of pyridine rings is 1. The maximum absolute atomic E-state index is 13.4. The van der Waals surface area contributed by atoms with Crippen LogP contribution in [0, 0.1) is 10.1 Å². The van der Waals surface area contributed by atoms with Crippen molar-refractivity contribution in [3.63, 3.8) is 0 Å². The fourth-order valence-electron chi connectivity index (χ4n) is 3.91. The van der Waals surface area contributed by atoms with Crippen molar-refractivity contribution in [2.24, 2.45) is 0 Å². The maximum Gasteiger partial charge on any atom is 0.270 e. The number of benzene rings is 2. The second-order valence-electron chi connectivity index (χ2n) is 7.82. The van der Waals surface area contributed by atoms with Gasteiger partial charge in [0, 0.05) is 34.6 Å². The van der Waals surface area contributed by atoms with E-state index in [4.69, 9.17) is 11.6 Å². The van der Waals surface area contributed by atoms with E-state index in [2.05, 4.69) is 25.7 Å². The summed E-state index contributed by atoms with van der Waals surface area (Å²) in [5, 5.41) is 22.5. The Balaban J connectivity index is 1.60. The van der Waals surface area contributed by atoms with Crippen molar-refractivity contribution in [2.45, 2.75) is 13.0 Å². The number of carbonyl (C=O) groups excluding carboxylic acids is 1. The standard InChI is InChI=1S/C24H18ClN7O3/c1-14-20(23(33)28-18-5-3-11-26-13-18)21(15-7-9-17(25)10-8-15)31-24(27-14)29-22(30-31)16-4-2-6-19(12-16)32(34)35/h2-13,21H,1H3,(H,28,33)(H,27,29,30)/t21-/m1/s1. The van der Waals surface area contributed by atoms with Crippen molar-refractivity contribution in [1.29, 1.82) is 0 Å². The van der Waals surface area contributed by atoms with Gasteiger partial charge in [0.1, 0.15) is 6.04 Å². The molecule has 35 heavy (non-hydrogen) atoms. The number of rotatable bonds is 5. The van der Waals surface area contributed by atoms with Crippen molar-refractivity contribution in [2.75, 3.05) is 10.6 Å². The van der Waals surface area contributed by atoms with Crippen LogP contribution < -0.4 is 10.6 Å². The molecule has 4 aromatic rings. The Morgan fingerprint density at radius 3 is 2.69 bits per heavy atom. The van der Waals surface area contributed by atoms with E-state index in [0.29, 0.717) is 33.5 Å². The lowest BCUT2D eigenvalue weighted by molar-refractivity contribution is -0.384. The number of fused-ring (bicyclic) bond motifs is 1. The van der Waals surface area contributed by atoms with Crippen molar-refractivity contribution >= 4 is 34.8 Å². The number of anilines is 2. The first-order chi connectivity index (χ1) is 16.9. The molecule has 0 bridgehead atoms. The SMILES string of the molecule is CC1=C(C(=O)Nc2cccnc2)[C@@H](c2ccc(Cl)cc2)n2nc(-c3cccc([N+](=O)[O-])c3)nc2N1. The minimum atomic E-state index is -0.625. The lowest BCUT2D eigenvalue weighted by atomic mass is 9.95. The molecule has 2 aromatic carbocycles. The van der Waals surface area contributed by atoms with Crippen LogP contribution in [-0.2, 0) is 4.79 Å². The molecule has 174 valence electrons. The maximum atomic E-state index is 13.4. The first-order valence-corrected chi connectivity index (χ1v) is 10.9. The van der Waals surface area contributed by atoms with Gasteiger partial charge in [-0.3, -0.25) is 19.9 Å². The van der Waals surface area contributed by atoms with Crippen molar-refractivity contribution in [3.05, 3.63) is 105 Å². The number of nitro benzene ring substituents is 1. The Bertz CT molecular complexity index is 1470. The van der Waals surface area contributed by atoms with E-state index in [1.807, 2.05) is 12.1 Å². The third kappa shape index (κ3) is 4.34. The van der Waals surface area contributed by atoms with Gasteiger partial charge in [0.15, 0.2) is 5.82 Å². The molecule has 1 aliphatic rings. The van der Waals surface area contributed by atoms with Crippen molar-refractivity contribution < 1.29 is 9.72 Å². The fourth-order valence-corrected chi connectivity index (χ4v) is 4.04. The van der Waals surface area contributed by atoms with Crippen LogP contribution in [0.2, 0.25) is 5.02 Å². The zero-order valence-corrected chi connectivity index (χ0v) is 19.1. The molecule has 10 nitrogen and oxygen atoms in total. The normalized spacial score (nSPS) is 14.7. The van der Waals surface area contributed by atoms with Crippen molar-refractivity contribution in [1.82, 2.24) is 19.7 Å². The molecule has 0 radical (unpaired) electrons. The van der Waals surface area contributed by atoms with Gasteiger partial charge in [0.25, 0.3) is 11.6 Å². The summed E-state index contributed by atoms with van der Waals surface area (Å²) in [5.74, 6) is 0.361. The quantitative estimate of drug-likeness (QED) is 0.305. The number of aromatic nitrogens is 4. The monoisotopic (exact) mass is 487 g/mol. The molecule has 0 spiro atoms. The molecule has 0 saturated carbocycles. The average molecular weight is 488 g/mol. The molecule has 2 N–H and O–H groups in total. The number of nitro groups is 1. The van der Waals surface area contributed by atoms with E-state index in [1.54, 1.807) is 60.4 Å². The molecule has 0 fully saturated rings. The van der Waals surface area contributed by atoms with Crippen LogP contribution >= 0.6 is 11.6 Å². The molecule has 0 aliphatic carbocycles. The smallest absolute Gasteiger partial charge is 0.270 e. The summed E-state index contributed by atoms with van der Waals surface area (Å²) in [6, 6.07) is 16.1. The fraction of sp³-hybridized carbons (Fsp3) is 0.0833. The number of non-ortho nitro benzene ring substituents is 1. The Morgan fingerprint density at radius 1 is 1.17 bits per heavy atom. The number of allylic oxidation sites excluding steroid dienone is 1. The molecular weight excluding hydrogens is 470 g/mol. The van der Waals surface area contributed by atoms with E-state index in [0.717, 1.165) is 5.56 Å². The Labute approximate surface area is 204 Å². The highest BCUT2D eigenvalue weighted by molar-refractivity contribution is 6.30. The van der Waals surface area contributed by atoms with Gasteiger partial charge in [0.05, 0.1) is 22.4 Å². The van der Waals surface area contributed by atoms with Crippen LogP contribution in [0.5, 0.6) is 0 Å². The predicted octanol–water partition coefficient (Wildman–Crippen LogP) is 4.83. The van der Waals surface area contributed by atoms with Gasteiger partial charge >= 0.3 is 0 Å². The number of amides is 1. The van der Waals surface area contributed by atoms with Crippen molar-refractivity contribution in [3.8, 4) is 11.4 Å². The molecule has 11 heteroatoms. The molecule has 3 heterocycles. The second kappa shape index (κ2) is 8.99. The van der Waals surface area contributed by atoms with Gasteiger partial charge in [-0.05, 0) is 36.8 Å². The summed E-state index contributed by atoms with van der Waals surface area (Å²) in [4.78, 5) is 32.8. The van der Waals surface area contributed by atoms with Crippen LogP contribution in [0.3, 0.4) is 0 Å². The molecule has 0 unspecified atom stereocenters. The van der Waals surface area contributed by atoms with E-state index in [9.17, 15) is 14.9 Å². The zero-order chi connectivity index (χ0) is 24.5. The van der Waals surface area contributed by atoms with Gasteiger partial charge in [0.2, 0.25) is 5.95 Å². The highest BCUT2D eigenvalue weighted by Crippen LogP contribution is 2.37. The topological polar surface area (TPSA) is 128 Å². The molecule has 2 aromatic heterocycles. The van der Waals surface area contributed by atoms with Crippen LogP contribution in [-0.4, -0.2) is 30.6 Å². The van der Waals surface area contributed by atoms with E-state index < -0.39 is 11.0 Å². The average Bonchev–Trinajstić information content (AvgIpc) is 3.28. The first kappa shape index (κ1) is 22.2.